The van der Waals surface area contributed by atoms with E-state index in [1.165, 1.54) is 5.57 Å². The normalized spacial score (nSPS) is 18.2. The number of nitrogens with zero attached hydrogens (tertiary/aromatic N) is 5. The van der Waals surface area contributed by atoms with Crippen molar-refractivity contribution in [3.05, 3.63) is 132 Å². The Balaban J connectivity index is 1.21. The van der Waals surface area contributed by atoms with Crippen LogP contribution in [-0.2, 0) is 0 Å². The lowest BCUT2D eigenvalue weighted by molar-refractivity contribution is 0.0681. The van der Waals surface area contributed by atoms with Gasteiger partial charge in [0.25, 0.3) is 5.91 Å². The molecular weight excluding hydrogens is 582 g/mol. The summed E-state index contributed by atoms with van der Waals surface area (Å²) in [6.45, 7) is 0. The van der Waals surface area contributed by atoms with Crippen LogP contribution in [0.15, 0.2) is 124 Å². The molecular formula is C40H39N5O2. The molecule has 1 aliphatic carbocycles. The van der Waals surface area contributed by atoms with Crippen molar-refractivity contribution in [3.8, 4) is 22.8 Å². The number of oxazole rings is 1. The average molecular weight is 622 g/mol. The van der Waals surface area contributed by atoms with E-state index in [4.69, 9.17) is 9.52 Å². The molecule has 0 N–H and O–H groups in total. The van der Waals surface area contributed by atoms with Crippen molar-refractivity contribution in [2.45, 2.75) is 25.3 Å². The number of hydrogen-bond donors (Lipinski definition) is 0. The number of carbonyl (C=O) groups excluding carboxylic acids is 1. The largest absolute Gasteiger partial charge is 0.436 e. The van der Waals surface area contributed by atoms with Gasteiger partial charge in [-0.25, -0.2) is 9.99 Å². The first-order valence-electron chi connectivity index (χ1n) is 16.1. The van der Waals surface area contributed by atoms with Gasteiger partial charge < -0.3 is 14.2 Å². The second kappa shape index (κ2) is 12.8. The first-order chi connectivity index (χ1) is 22.9. The molecule has 0 saturated heterocycles. The molecule has 7 rings (SSSR count). The summed E-state index contributed by atoms with van der Waals surface area (Å²) < 4.78 is 6.06. The Kier molecular flexibility index (Phi) is 8.21. The lowest BCUT2D eigenvalue weighted by Crippen LogP contribution is -2.32. The topological polar surface area (TPSA) is 65.2 Å². The van der Waals surface area contributed by atoms with Crippen LogP contribution < -0.4 is 9.80 Å². The van der Waals surface area contributed by atoms with Crippen molar-refractivity contribution < 1.29 is 9.21 Å². The molecule has 1 aromatic heterocycles. The van der Waals surface area contributed by atoms with Crippen LogP contribution in [0, 0.1) is 5.92 Å². The molecule has 2 atom stereocenters. The zero-order chi connectivity index (χ0) is 32.5. The van der Waals surface area contributed by atoms with Gasteiger partial charge >= 0.3 is 0 Å². The molecule has 0 bridgehead atoms. The van der Waals surface area contributed by atoms with Gasteiger partial charge in [0, 0.05) is 62.2 Å². The Labute approximate surface area is 276 Å². The number of anilines is 2. The maximum Gasteiger partial charge on any atom is 0.274 e. The highest BCUT2D eigenvalue weighted by molar-refractivity contribution is 6.09. The third-order valence-corrected chi connectivity index (χ3v) is 9.15. The summed E-state index contributed by atoms with van der Waals surface area (Å²) in [5, 5.41) is 6.85. The van der Waals surface area contributed by atoms with E-state index in [9.17, 15) is 4.79 Å². The number of aromatic nitrogens is 1. The molecule has 7 nitrogen and oxygen atoms in total. The molecule has 1 amide bonds. The van der Waals surface area contributed by atoms with E-state index < -0.39 is 0 Å². The average Bonchev–Trinajstić information content (AvgIpc) is 3.75. The van der Waals surface area contributed by atoms with Gasteiger partial charge in [0.05, 0.1) is 18.0 Å². The van der Waals surface area contributed by atoms with E-state index in [0.29, 0.717) is 17.2 Å². The van der Waals surface area contributed by atoms with E-state index in [2.05, 4.69) is 69.4 Å². The first-order valence-corrected chi connectivity index (χ1v) is 16.1. The molecule has 0 radical (unpaired) electrons. The van der Waals surface area contributed by atoms with Crippen molar-refractivity contribution in [3.63, 3.8) is 0 Å². The van der Waals surface area contributed by atoms with Crippen LogP contribution in [0.3, 0.4) is 0 Å². The van der Waals surface area contributed by atoms with E-state index in [1.807, 2.05) is 82.8 Å². The maximum absolute atomic E-state index is 14.3. The van der Waals surface area contributed by atoms with Crippen LogP contribution >= 0.6 is 0 Å². The number of hydrogen-bond acceptors (Lipinski definition) is 6. The zero-order valence-electron chi connectivity index (χ0n) is 27.3. The van der Waals surface area contributed by atoms with Gasteiger partial charge in [-0.3, -0.25) is 4.79 Å². The van der Waals surface area contributed by atoms with Crippen molar-refractivity contribution in [2.75, 3.05) is 38.0 Å². The standard InChI is InChI=1S/C40H39N5O2/c1-43(2)33-21-13-27(14-22-33)25-32-11-8-12-35-37(32)42-45(38(35)29-19-23-34(24-20-29)44(3)4)40(46)31-17-15-30(16-18-31)39-41-26-36(47-39)28-9-6-5-7-10-28/h5-7,9-10,13-26,35,38H,8,11-12H2,1-4H3/b32-25+/t35-,38-/m1/s1. The van der Waals surface area contributed by atoms with E-state index in [1.54, 1.807) is 11.2 Å². The highest BCUT2D eigenvalue weighted by Crippen LogP contribution is 2.45. The second-order valence-corrected chi connectivity index (χ2v) is 12.7. The Morgan fingerprint density at radius 1 is 0.809 bits per heavy atom. The van der Waals surface area contributed by atoms with Gasteiger partial charge in [0.15, 0.2) is 5.76 Å². The zero-order valence-corrected chi connectivity index (χ0v) is 27.3. The molecule has 5 aromatic rings. The Morgan fingerprint density at radius 2 is 1.47 bits per heavy atom. The number of fused-ring (bicyclic) bond motifs is 1. The van der Waals surface area contributed by atoms with E-state index in [-0.39, 0.29) is 17.9 Å². The highest BCUT2D eigenvalue weighted by Gasteiger charge is 2.44. The third-order valence-electron chi connectivity index (χ3n) is 9.15. The van der Waals surface area contributed by atoms with Gasteiger partial charge in [-0.1, -0.05) is 54.6 Å². The Bertz CT molecular complexity index is 1920. The highest BCUT2D eigenvalue weighted by atomic mass is 16.4. The predicted octanol–water partition coefficient (Wildman–Crippen LogP) is 8.58. The predicted molar refractivity (Wildman–Crippen MR) is 191 cm³/mol. The SMILES string of the molecule is CN(C)c1ccc(/C=C2\CCC[C@@H]3C2=NN(C(=O)c2ccc(-c4ncc(-c5ccccc5)o4)cc2)[C@@H]3c2ccc(N(C)C)cc2)cc1. The minimum Gasteiger partial charge on any atom is -0.436 e. The van der Waals surface area contributed by atoms with Crippen molar-refractivity contribution in [1.82, 2.24) is 9.99 Å². The molecule has 1 fully saturated rings. The van der Waals surface area contributed by atoms with Crippen LogP contribution in [0.4, 0.5) is 11.4 Å². The van der Waals surface area contributed by atoms with Gasteiger partial charge in [0.2, 0.25) is 5.89 Å². The first kappa shape index (κ1) is 30.2. The minimum absolute atomic E-state index is 0.118. The number of rotatable bonds is 7. The molecule has 4 aromatic carbocycles. The summed E-state index contributed by atoms with van der Waals surface area (Å²) in [6, 6.07) is 34.3. The van der Waals surface area contributed by atoms with Crippen molar-refractivity contribution in [2.24, 2.45) is 11.0 Å². The fourth-order valence-electron chi connectivity index (χ4n) is 6.57. The smallest absolute Gasteiger partial charge is 0.274 e. The molecule has 7 heteroatoms. The summed E-state index contributed by atoms with van der Waals surface area (Å²) in [6.07, 6.45) is 6.95. The van der Waals surface area contributed by atoms with Crippen molar-refractivity contribution >= 4 is 29.1 Å². The summed E-state index contributed by atoms with van der Waals surface area (Å²) in [7, 11) is 8.17. The lowest BCUT2D eigenvalue weighted by Gasteiger charge is -2.30. The van der Waals surface area contributed by atoms with Gasteiger partial charge in [-0.15, -0.1) is 0 Å². The Hall–Kier alpha value is -5.43. The van der Waals surface area contributed by atoms with E-state index >= 15 is 0 Å². The molecule has 2 aliphatic rings. The van der Waals surface area contributed by atoms with Crippen LogP contribution in [0.25, 0.3) is 28.9 Å². The number of benzene rings is 4. The fourth-order valence-corrected chi connectivity index (χ4v) is 6.57. The Morgan fingerprint density at radius 3 is 2.13 bits per heavy atom. The van der Waals surface area contributed by atoms with Crippen LogP contribution in [0.5, 0.6) is 0 Å². The monoisotopic (exact) mass is 621 g/mol. The molecule has 0 unspecified atom stereocenters. The quantitative estimate of drug-likeness (QED) is 0.182. The van der Waals surface area contributed by atoms with Gasteiger partial charge in [-0.2, -0.15) is 5.10 Å². The lowest BCUT2D eigenvalue weighted by atomic mass is 9.77. The summed E-state index contributed by atoms with van der Waals surface area (Å²) in [5.74, 6) is 1.22. The van der Waals surface area contributed by atoms with Crippen molar-refractivity contribution in [1.29, 1.82) is 0 Å². The summed E-state index contributed by atoms with van der Waals surface area (Å²) in [4.78, 5) is 23.0. The number of allylic oxidation sites excluding steroid dienone is 1. The second-order valence-electron chi connectivity index (χ2n) is 12.7. The van der Waals surface area contributed by atoms with Crippen LogP contribution in [-0.4, -0.2) is 49.8 Å². The number of amides is 1. The summed E-state index contributed by atoms with van der Waals surface area (Å²) in [5.41, 5.74) is 9.10. The molecule has 0 spiro atoms. The molecule has 2 heterocycles. The summed E-state index contributed by atoms with van der Waals surface area (Å²) >= 11 is 0. The molecule has 1 saturated carbocycles. The molecule has 236 valence electrons. The minimum atomic E-state index is -0.187. The molecule has 1 aliphatic heterocycles. The van der Waals surface area contributed by atoms with Crippen LogP contribution in [0.2, 0.25) is 0 Å². The maximum atomic E-state index is 14.3. The number of carbonyl (C=O) groups is 1. The number of hydrazone groups is 1. The third kappa shape index (κ3) is 6.09. The van der Waals surface area contributed by atoms with Crippen LogP contribution in [0.1, 0.15) is 46.8 Å². The van der Waals surface area contributed by atoms with Gasteiger partial charge in [0.1, 0.15) is 0 Å². The fraction of sp³-hybridized carbons (Fsp3) is 0.225. The molecule has 47 heavy (non-hydrogen) atoms. The van der Waals surface area contributed by atoms with Gasteiger partial charge in [-0.05, 0) is 90.6 Å². The van der Waals surface area contributed by atoms with E-state index in [0.717, 1.165) is 58.6 Å².